The summed E-state index contributed by atoms with van der Waals surface area (Å²) in [6, 6.07) is 1.18. The molecule has 0 aliphatic rings. The molecule has 0 aromatic carbocycles. The molecule has 1 rings (SSSR count). The van der Waals surface area contributed by atoms with Crippen LogP contribution in [0.5, 0.6) is 0 Å². The summed E-state index contributed by atoms with van der Waals surface area (Å²) >= 11 is 0. The number of hydrogen-bond acceptors (Lipinski definition) is 4. The topological polar surface area (TPSA) is 81.4 Å². The third-order valence-electron chi connectivity index (χ3n) is 1.58. The van der Waals surface area contributed by atoms with Crippen LogP contribution in [0, 0.1) is 0 Å². The van der Waals surface area contributed by atoms with E-state index in [1.165, 1.54) is 13.1 Å². The summed E-state index contributed by atoms with van der Waals surface area (Å²) in [5.41, 5.74) is -0.0418. The minimum Gasteiger partial charge on any atom is -0.477 e. The fourth-order valence-electron chi connectivity index (χ4n) is 0.972. The first-order chi connectivity index (χ1) is 6.56. The molecule has 0 bridgehead atoms. The molecule has 0 saturated carbocycles. The van der Waals surface area contributed by atoms with E-state index in [1.807, 2.05) is 0 Å². The van der Waals surface area contributed by atoms with E-state index < -0.39 is 11.9 Å². The van der Waals surface area contributed by atoms with E-state index in [2.05, 4.69) is 9.84 Å². The van der Waals surface area contributed by atoms with Gasteiger partial charge in [0.1, 0.15) is 5.69 Å². The zero-order valence-corrected chi connectivity index (χ0v) is 7.85. The molecule has 0 radical (unpaired) electrons. The highest BCUT2D eigenvalue weighted by Crippen LogP contribution is 2.04. The van der Waals surface area contributed by atoms with E-state index in [1.54, 1.807) is 6.92 Å². The maximum absolute atomic E-state index is 11.1. The van der Waals surface area contributed by atoms with Gasteiger partial charge in [0.05, 0.1) is 6.61 Å². The molecule has 0 atom stereocenters. The minimum absolute atomic E-state index is 0.00625. The van der Waals surface area contributed by atoms with E-state index in [9.17, 15) is 9.59 Å². The van der Waals surface area contributed by atoms with E-state index >= 15 is 0 Å². The van der Waals surface area contributed by atoms with Crippen molar-refractivity contribution in [2.75, 3.05) is 6.61 Å². The standard InChI is InChI=1S/C8H10N2O4/c1-3-14-8(13)5-4-6(7(11)12)10(2)9-5/h4H,3H2,1-2H3,(H,11,12). The first kappa shape index (κ1) is 10.2. The van der Waals surface area contributed by atoms with Crippen LogP contribution in [0.15, 0.2) is 6.07 Å². The predicted molar refractivity (Wildman–Crippen MR) is 46.1 cm³/mol. The predicted octanol–water partition coefficient (Wildman–Crippen LogP) is 0.295. The maximum atomic E-state index is 11.1. The Morgan fingerprint density at radius 2 is 2.29 bits per heavy atom. The molecule has 0 saturated heterocycles. The molecule has 0 aliphatic carbocycles. The van der Waals surface area contributed by atoms with Gasteiger partial charge in [-0.05, 0) is 6.92 Å². The smallest absolute Gasteiger partial charge is 0.358 e. The van der Waals surface area contributed by atoms with Crippen LogP contribution < -0.4 is 0 Å². The number of nitrogens with zero attached hydrogens (tertiary/aromatic N) is 2. The van der Waals surface area contributed by atoms with Gasteiger partial charge in [-0.3, -0.25) is 4.68 Å². The molecule has 6 nitrogen and oxygen atoms in total. The molecule has 1 heterocycles. The number of hydrogen-bond donors (Lipinski definition) is 1. The molecule has 0 fully saturated rings. The Bertz CT molecular complexity index is 369. The van der Waals surface area contributed by atoms with E-state index in [4.69, 9.17) is 5.11 Å². The summed E-state index contributed by atoms with van der Waals surface area (Å²) in [4.78, 5) is 21.7. The Kier molecular flexibility index (Phi) is 2.85. The van der Waals surface area contributed by atoms with E-state index in [0.29, 0.717) is 0 Å². The second kappa shape index (κ2) is 3.91. The number of carboxylic acid groups (broad SMARTS) is 1. The number of carbonyl (C=O) groups excluding carboxylic acids is 1. The molecule has 0 spiro atoms. The number of aromatic nitrogens is 2. The molecule has 0 amide bonds. The van der Waals surface area contributed by atoms with Crippen molar-refractivity contribution >= 4 is 11.9 Å². The highest BCUT2D eigenvalue weighted by Gasteiger charge is 2.17. The summed E-state index contributed by atoms with van der Waals surface area (Å²) in [6.07, 6.45) is 0. The fourth-order valence-corrected chi connectivity index (χ4v) is 0.972. The third-order valence-corrected chi connectivity index (χ3v) is 1.58. The second-order valence-electron chi connectivity index (χ2n) is 2.56. The van der Waals surface area contributed by atoms with E-state index in [0.717, 1.165) is 4.68 Å². The zero-order valence-electron chi connectivity index (χ0n) is 7.85. The summed E-state index contributed by atoms with van der Waals surface area (Å²) in [7, 11) is 1.45. The molecular formula is C8H10N2O4. The number of carboxylic acids is 1. The number of ether oxygens (including phenoxy) is 1. The van der Waals surface area contributed by atoms with Crippen molar-refractivity contribution < 1.29 is 19.4 Å². The molecular weight excluding hydrogens is 188 g/mol. The van der Waals surface area contributed by atoms with E-state index in [-0.39, 0.29) is 18.0 Å². The zero-order chi connectivity index (χ0) is 10.7. The second-order valence-corrected chi connectivity index (χ2v) is 2.56. The number of carbonyl (C=O) groups is 2. The quantitative estimate of drug-likeness (QED) is 0.706. The van der Waals surface area contributed by atoms with Gasteiger partial charge in [-0.15, -0.1) is 0 Å². The van der Waals surface area contributed by atoms with Crippen molar-refractivity contribution in [3.8, 4) is 0 Å². The van der Waals surface area contributed by atoms with Gasteiger partial charge in [0.15, 0.2) is 5.69 Å². The van der Waals surface area contributed by atoms with Crippen LogP contribution in [0.25, 0.3) is 0 Å². The van der Waals surface area contributed by atoms with Crippen molar-refractivity contribution in [3.63, 3.8) is 0 Å². The lowest BCUT2D eigenvalue weighted by Crippen LogP contribution is -2.06. The van der Waals surface area contributed by atoms with Gasteiger partial charge in [-0.2, -0.15) is 5.10 Å². The normalized spacial score (nSPS) is 9.86. The number of aryl methyl sites for hydroxylation is 1. The van der Waals surface area contributed by atoms with Gasteiger partial charge in [0.25, 0.3) is 0 Å². The van der Waals surface area contributed by atoms with Gasteiger partial charge in [-0.1, -0.05) is 0 Å². The Morgan fingerprint density at radius 1 is 1.64 bits per heavy atom. The highest BCUT2D eigenvalue weighted by atomic mass is 16.5. The first-order valence-electron chi connectivity index (χ1n) is 4.00. The number of esters is 1. The van der Waals surface area contributed by atoms with Crippen molar-refractivity contribution in [1.29, 1.82) is 0 Å². The van der Waals surface area contributed by atoms with Crippen LogP contribution in [0.2, 0.25) is 0 Å². The molecule has 1 aromatic heterocycles. The lowest BCUT2D eigenvalue weighted by atomic mass is 10.3. The van der Waals surface area contributed by atoms with Crippen LogP contribution in [0.1, 0.15) is 27.9 Å². The summed E-state index contributed by atoms with van der Waals surface area (Å²) in [6.45, 7) is 1.90. The molecule has 0 unspecified atom stereocenters. The third kappa shape index (κ3) is 1.90. The SMILES string of the molecule is CCOC(=O)c1cc(C(=O)O)n(C)n1. The van der Waals surface area contributed by atoms with Crippen molar-refractivity contribution in [3.05, 3.63) is 17.5 Å². The van der Waals surface area contributed by atoms with Gasteiger partial charge in [0.2, 0.25) is 0 Å². The lowest BCUT2D eigenvalue weighted by molar-refractivity contribution is 0.0518. The summed E-state index contributed by atoms with van der Waals surface area (Å²) in [5, 5.41) is 12.4. The molecule has 1 N–H and O–H groups in total. The highest BCUT2D eigenvalue weighted by molar-refractivity contribution is 5.92. The van der Waals surface area contributed by atoms with Gasteiger partial charge in [0, 0.05) is 13.1 Å². The Labute approximate surface area is 80.1 Å². The molecule has 76 valence electrons. The number of rotatable bonds is 3. The molecule has 14 heavy (non-hydrogen) atoms. The Hall–Kier alpha value is -1.85. The molecule has 6 heteroatoms. The average Bonchev–Trinajstić information content (AvgIpc) is 2.48. The Balaban J connectivity index is 2.96. The minimum atomic E-state index is -1.13. The molecule has 1 aromatic rings. The summed E-state index contributed by atoms with van der Waals surface area (Å²) < 4.78 is 5.79. The van der Waals surface area contributed by atoms with Gasteiger partial charge >= 0.3 is 11.9 Å². The average molecular weight is 198 g/mol. The van der Waals surface area contributed by atoms with Crippen molar-refractivity contribution in [2.24, 2.45) is 7.05 Å². The van der Waals surface area contributed by atoms with Crippen LogP contribution in [0.4, 0.5) is 0 Å². The van der Waals surface area contributed by atoms with Crippen molar-refractivity contribution in [1.82, 2.24) is 9.78 Å². The lowest BCUT2D eigenvalue weighted by Gasteiger charge is -1.95. The maximum Gasteiger partial charge on any atom is 0.358 e. The largest absolute Gasteiger partial charge is 0.477 e. The first-order valence-corrected chi connectivity index (χ1v) is 4.00. The fraction of sp³-hybridized carbons (Fsp3) is 0.375. The van der Waals surface area contributed by atoms with Crippen LogP contribution in [-0.2, 0) is 11.8 Å². The van der Waals surface area contributed by atoms with Gasteiger partial charge < -0.3 is 9.84 Å². The monoisotopic (exact) mass is 198 g/mol. The van der Waals surface area contributed by atoms with Crippen LogP contribution in [0.3, 0.4) is 0 Å². The van der Waals surface area contributed by atoms with Gasteiger partial charge in [-0.25, -0.2) is 9.59 Å². The Morgan fingerprint density at radius 3 is 2.71 bits per heavy atom. The molecule has 0 aliphatic heterocycles. The van der Waals surface area contributed by atoms with Crippen LogP contribution in [-0.4, -0.2) is 33.4 Å². The van der Waals surface area contributed by atoms with Crippen LogP contribution >= 0.6 is 0 Å². The summed E-state index contributed by atoms with van der Waals surface area (Å²) in [5.74, 6) is -1.74. The van der Waals surface area contributed by atoms with Crippen molar-refractivity contribution in [2.45, 2.75) is 6.92 Å². The number of aromatic carboxylic acids is 1.